The second-order valence-corrected chi connectivity index (χ2v) is 5.38. The van der Waals surface area contributed by atoms with E-state index in [-0.39, 0.29) is 17.5 Å². The zero-order chi connectivity index (χ0) is 15.1. The molecule has 1 heterocycles. The fourth-order valence-corrected chi connectivity index (χ4v) is 2.46. The Morgan fingerprint density at radius 2 is 2.00 bits per heavy atom. The van der Waals surface area contributed by atoms with Crippen LogP contribution in [0.3, 0.4) is 0 Å². The molecule has 1 N–H and O–H groups in total. The van der Waals surface area contributed by atoms with E-state index in [1.807, 2.05) is 0 Å². The van der Waals surface area contributed by atoms with Crippen LogP contribution in [-0.2, 0) is 11.2 Å². The van der Waals surface area contributed by atoms with Crippen LogP contribution in [0.4, 0.5) is 4.39 Å². The molecule has 110 valence electrons. The van der Waals surface area contributed by atoms with Crippen molar-refractivity contribution in [3.63, 3.8) is 0 Å². The third kappa shape index (κ3) is 5.07. The van der Waals surface area contributed by atoms with E-state index in [9.17, 15) is 14.4 Å². The average Bonchev–Trinajstić information content (AvgIpc) is 2.48. The lowest BCUT2D eigenvalue weighted by Crippen LogP contribution is -2.30. The summed E-state index contributed by atoms with van der Waals surface area (Å²) in [4.78, 5) is 11.7. The number of pyridine rings is 1. The first kappa shape index (κ1) is 15.3. The molecule has 0 atom stereocenters. The Balaban J connectivity index is 1.70. The molecule has 0 aliphatic carbocycles. The highest BCUT2D eigenvalue weighted by Crippen LogP contribution is 2.11. The van der Waals surface area contributed by atoms with Crippen LogP contribution >= 0.6 is 11.8 Å². The molecule has 0 saturated heterocycles. The van der Waals surface area contributed by atoms with Gasteiger partial charge in [0.2, 0.25) is 5.91 Å². The van der Waals surface area contributed by atoms with Crippen molar-refractivity contribution < 1.29 is 13.9 Å². The number of carbonyl (C=O) groups excluding carboxylic acids is 1. The molecule has 1 amide bonds. The van der Waals surface area contributed by atoms with Crippen LogP contribution < -0.4 is 10.0 Å². The molecule has 0 unspecified atom stereocenters. The lowest BCUT2D eigenvalue weighted by molar-refractivity contribution is -0.645. The molecule has 0 radical (unpaired) electrons. The maximum atomic E-state index is 12.7. The van der Waals surface area contributed by atoms with Gasteiger partial charge in [0.1, 0.15) is 5.82 Å². The van der Waals surface area contributed by atoms with Crippen molar-refractivity contribution in [1.82, 2.24) is 5.32 Å². The summed E-state index contributed by atoms with van der Waals surface area (Å²) >= 11 is 1.19. The Labute approximate surface area is 126 Å². The van der Waals surface area contributed by atoms with Gasteiger partial charge in [-0.1, -0.05) is 12.1 Å². The normalized spacial score (nSPS) is 10.3. The number of hydrogen-bond donors (Lipinski definition) is 1. The highest BCUT2D eigenvalue weighted by atomic mass is 32.2. The van der Waals surface area contributed by atoms with Gasteiger partial charge in [-0.05, 0) is 41.9 Å². The number of thioether (sulfide) groups is 1. The van der Waals surface area contributed by atoms with E-state index in [4.69, 9.17) is 0 Å². The first-order valence-corrected chi connectivity index (χ1v) is 7.46. The van der Waals surface area contributed by atoms with E-state index in [0.717, 1.165) is 10.3 Å². The summed E-state index contributed by atoms with van der Waals surface area (Å²) in [5, 5.41) is 14.7. The standard InChI is InChI=1S/C15H15FN2O2S/c16-13-6-4-12(5-7-13)8-9-17-14(19)11-21-15-3-1-2-10-18(15)20/h1-7,10H,8-9,11H2,(H,17,19). The highest BCUT2D eigenvalue weighted by Gasteiger charge is 2.08. The molecule has 0 aliphatic heterocycles. The average molecular weight is 306 g/mol. The van der Waals surface area contributed by atoms with E-state index in [1.54, 1.807) is 30.3 Å². The molecule has 0 spiro atoms. The van der Waals surface area contributed by atoms with Gasteiger partial charge in [-0.15, -0.1) is 0 Å². The van der Waals surface area contributed by atoms with Crippen LogP contribution in [0.2, 0.25) is 0 Å². The second kappa shape index (κ2) is 7.64. The van der Waals surface area contributed by atoms with Gasteiger partial charge < -0.3 is 10.5 Å². The fraction of sp³-hybridized carbons (Fsp3) is 0.200. The van der Waals surface area contributed by atoms with Crippen molar-refractivity contribution in [2.45, 2.75) is 11.4 Å². The van der Waals surface area contributed by atoms with E-state index >= 15 is 0 Å². The number of benzene rings is 1. The summed E-state index contributed by atoms with van der Waals surface area (Å²) < 4.78 is 13.5. The summed E-state index contributed by atoms with van der Waals surface area (Å²) in [6, 6.07) is 11.2. The quantitative estimate of drug-likeness (QED) is 0.504. The van der Waals surface area contributed by atoms with Gasteiger partial charge in [0, 0.05) is 18.7 Å². The molecular formula is C15H15FN2O2S. The monoisotopic (exact) mass is 306 g/mol. The Hall–Kier alpha value is -2.08. The van der Waals surface area contributed by atoms with Crippen LogP contribution in [0.15, 0.2) is 53.7 Å². The number of rotatable bonds is 6. The number of hydrogen-bond acceptors (Lipinski definition) is 3. The van der Waals surface area contributed by atoms with E-state index < -0.39 is 0 Å². The minimum Gasteiger partial charge on any atom is -0.618 e. The van der Waals surface area contributed by atoms with Crippen LogP contribution in [-0.4, -0.2) is 18.2 Å². The first-order chi connectivity index (χ1) is 10.1. The Bertz CT molecular complexity index is 605. The van der Waals surface area contributed by atoms with Crippen LogP contribution in [0.25, 0.3) is 0 Å². The molecule has 0 fully saturated rings. The molecule has 1 aromatic carbocycles. The maximum absolute atomic E-state index is 12.7. The highest BCUT2D eigenvalue weighted by molar-refractivity contribution is 7.99. The SMILES string of the molecule is O=C(CSc1cccc[n+]1[O-])NCCc1ccc(F)cc1. The molecule has 2 rings (SSSR count). The zero-order valence-corrected chi connectivity index (χ0v) is 12.1. The van der Waals surface area contributed by atoms with Gasteiger partial charge in [0.15, 0.2) is 6.20 Å². The van der Waals surface area contributed by atoms with E-state index in [0.29, 0.717) is 18.0 Å². The van der Waals surface area contributed by atoms with Gasteiger partial charge in [-0.3, -0.25) is 4.79 Å². The molecule has 2 aromatic rings. The molecule has 0 bridgehead atoms. The molecule has 0 saturated carbocycles. The van der Waals surface area contributed by atoms with E-state index in [1.165, 1.54) is 30.1 Å². The number of nitrogens with zero attached hydrogens (tertiary/aromatic N) is 1. The van der Waals surface area contributed by atoms with Gasteiger partial charge in [-0.2, -0.15) is 4.73 Å². The van der Waals surface area contributed by atoms with Crippen LogP contribution in [0, 0.1) is 11.0 Å². The van der Waals surface area contributed by atoms with Crippen molar-refractivity contribution in [3.8, 4) is 0 Å². The van der Waals surface area contributed by atoms with Crippen molar-refractivity contribution in [2.75, 3.05) is 12.3 Å². The summed E-state index contributed by atoms with van der Waals surface area (Å²) in [5.74, 6) is -0.214. The van der Waals surface area contributed by atoms with Crippen molar-refractivity contribution in [2.24, 2.45) is 0 Å². The first-order valence-electron chi connectivity index (χ1n) is 6.47. The molecular weight excluding hydrogens is 291 g/mol. The third-order valence-electron chi connectivity index (χ3n) is 2.79. The Morgan fingerprint density at radius 3 is 2.71 bits per heavy atom. The second-order valence-electron chi connectivity index (χ2n) is 4.38. The van der Waals surface area contributed by atoms with E-state index in [2.05, 4.69) is 5.32 Å². The largest absolute Gasteiger partial charge is 0.618 e. The molecule has 6 heteroatoms. The predicted octanol–water partition coefficient (Wildman–Crippen LogP) is 1.91. The lowest BCUT2D eigenvalue weighted by atomic mass is 10.1. The molecule has 0 aliphatic rings. The third-order valence-corrected chi connectivity index (χ3v) is 3.81. The minimum absolute atomic E-state index is 0.133. The fourth-order valence-electron chi connectivity index (χ4n) is 1.71. The van der Waals surface area contributed by atoms with Crippen molar-refractivity contribution in [3.05, 3.63) is 65.2 Å². The smallest absolute Gasteiger partial charge is 0.251 e. The summed E-state index contributed by atoms with van der Waals surface area (Å²) in [7, 11) is 0. The number of halogens is 1. The van der Waals surface area contributed by atoms with Crippen molar-refractivity contribution in [1.29, 1.82) is 0 Å². The Kier molecular flexibility index (Phi) is 5.57. The molecule has 21 heavy (non-hydrogen) atoms. The maximum Gasteiger partial charge on any atom is 0.251 e. The zero-order valence-electron chi connectivity index (χ0n) is 11.3. The van der Waals surface area contributed by atoms with Gasteiger partial charge in [0.25, 0.3) is 5.03 Å². The summed E-state index contributed by atoms with van der Waals surface area (Å²) in [5.41, 5.74) is 0.963. The van der Waals surface area contributed by atoms with Gasteiger partial charge in [-0.25, -0.2) is 4.39 Å². The minimum atomic E-state index is -0.270. The summed E-state index contributed by atoms with van der Waals surface area (Å²) in [6.45, 7) is 0.483. The number of aromatic nitrogens is 1. The molecule has 4 nitrogen and oxygen atoms in total. The predicted molar refractivity (Wildman–Crippen MR) is 79.2 cm³/mol. The van der Waals surface area contributed by atoms with Crippen LogP contribution in [0.1, 0.15) is 5.56 Å². The van der Waals surface area contributed by atoms with Crippen LogP contribution in [0.5, 0.6) is 0 Å². The molecule has 1 aromatic heterocycles. The van der Waals surface area contributed by atoms with Gasteiger partial charge in [0.05, 0.1) is 5.75 Å². The van der Waals surface area contributed by atoms with Crippen molar-refractivity contribution >= 4 is 17.7 Å². The van der Waals surface area contributed by atoms with Gasteiger partial charge >= 0.3 is 0 Å². The number of nitrogens with one attached hydrogen (secondary N) is 1. The number of amides is 1. The summed E-state index contributed by atoms with van der Waals surface area (Å²) in [6.07, 6.45) is 2.04. The topological polar surface area (TPSA) is 56.0 Å². The number of carbonyl (C=O) groups is 1. The Morgan fingerprint density at radius 1 is 1.24 bits per heavy atom. The lowest BCUT2D eigenvalue weighted by Gasteiger charge is -2.05.